The van der Waals surface area contributed by atoms with Gasteiger partial charge in [-0.3, -0.25) is 10.1 Å². The lowest BCUT2D eigenvalue weighted by atomic mass is 9.99. The summed E-state index contributed by atoms with van der Waals surface area (Å²) in [5.74, 6) is 0.859. The minimum absolute atomic E-state index is 0.0704. The van der Waals surface area contributed by atoms with E-state index >= 15 is 0 Å². The molecule has 1 aliphatic heterocycles. The molecule has 162 valence electrons. The molecule has 0 aliphatic carbocycles. The van der Waals surface area contributed by atoms with Gasteiger partial charge in [-0.25, -0.2) is 8.42 Å². The van der Waals surface area contributed by atoms with Gasteiger partial charge in [-0.05, 0) is 30.2 Å². The maximum Gasteiger partial charge on any atom is 0.416 e. The molecule has 8 nitrogen and oxygen atoms in total. The van der Waals surface area contributed by atoms with E-state index in [2.05, 4.69) is 0 Å². The molecular weight excluding hydrogens is 429 g/mol. The van der Waals surface area contributed by atoms with Crippen LogP contribution in [0, 0.1) is 10.1 Å². The third-order valence-corrected chi connectivity index (χ3v) is 6.67. The fourth-order valence-electron chi connectivity index (χ4n) is 3.27. The maximum atomic E-state index is 13.1. The first-order chi connectivity index (χ1) is 14.0. The fraction of sp³-hybridized carbons (Fsp3) is 0.333. The standard InChI is InChI=1S/C18H17F3N2O6S/c1-28-13-7-11-5-6-22(10-14(11)16(9-13)29-2)30(26,27)17-8-12(18(19,20)21)3-4-15(17)23(24)25/h3-4,7-9H,5-6,10H2,1-2H3. The highest BCUT2D eigenvalue weighted by atomic mass is 32.2. The largest absolute Gasteiger partial charge is 0.497 e. The van der Waals surface area contributed by atoms with Crippen LogP contribution in [0.15, 0.2) is 35.2 Å². The number of nitro groups is 1. The summed E-state index contributed by atoms with van der Waals surface area (Å²) in [5, 5.41) is 11.3. The highest BCUT2D eigenvalue weighted by Gasteiger charge is 2.38. The number of nitro benzene ring substituents is 1. The lowest BCUT2D eigenvalue weighted by Gasteiger charge is -2.29. The predicted molar refractivity (Wildman–Crippen MR) is 98.9 cm³/mol. The van der Waals surface area contributed by atoms with Crippen molar-refractivity contribution in [3.05, 3.63) is 57.1 Å². The van der Waals surface area contributed by atoms with Crippen LogP contribution in [-0.2, 0) is 29.2 Å². The first-order valence-electron chi connectivity index (χ1n) is 8.58. The Bertz CT molecular complexity index is 1080. The molecule has 2 aromatic rings. The lowest BCUT2D eigenvalue weighted by Crippen LogP contribution is -2.36. The van der Waals surface area contributed by atoms with E-state index in [0.717, 1.165) is 9.87 Å². The van der Waals surface area contributed by atoms with Crippen molar-refractivity contribution in [3.8, 4) is 11.5 Å². The SMILES string of the molecule is COc1cc2c(c(OC)c1)CN(S(=O)(=O)c1cc(C(F)(F)F)ccc1[N+](=O)[O-])CC2. The number of hydrogen-bond donors (Lipinski definition) is 0. The Hall–Kier alpha value is -2.86. The molecule has 0 atom stereocenters. The molecule has 0 unspecified atom stereocenters. The predicted octanol–water partition coefficient (Wildman–Crippen LogP) is 3.38. The molecule has 2 aromatic carbocycles. The number of ether oxygens (including phenoxy) is 2. The minimum Gasteiger partial charge on any atom is -0.497 e. The summed E-state index contributed by atoms with van der Waals surface area (Å²) in [6, 6.07) is 4.61. The Balaban J connectivity index is 2.08. The summed E-state index contributed by atoms with van der Waals surface area (Å²) in [5.41, 5.74) is -0.930. The van der Waals surface area contributed by atoms with Crippen molar-refractivity contribution in [2.75, 3.05) is 20.8 Å². The van der Waals surface area contributed by atoms with Crippen LogP contribution >= 0.6 is 0 Å². The topological polar surface area (TPSA) is 99.0 Å². The van der Waals surface area contributed by atoms with Crippen LogP contribution in [0.5, 0.6) is 11.5 Å². The van der Waals surface area contributed by atoms with Crippen molar-refractivity contribution in [2.24, 2.45) is 0 Å². The smallest absolute Gasteiger partial charge is 0.416 e. The third kappa shape index (κ3) is 3.92. The van der Waals surface area contributed by atoms with Crippen molar-refractivity contribution in [1.29, 1.82) is 0 Å². The quantitative estimate of drug-likeness (QED) is 0.516. The Morgan fingerprint density at radius 1 is 1.13 bits per heavy atom. The number of benzene rings is 2. The maximum absolute atomic E-state index is 13.1. The van der Waals surface area contributed by atoms with Crippen LogP contribution in [0.3, 0.4) is 0 Å². The van der Waals surface area contributed by atoms with E-state index in [4.69, 9.17) is 9.47 Å². The summed E-state index contributed by atoms with van der Waals surface area (Å²) in [6.45, 7) is -0.280. The number of methoxy groups -OCH3 is 2. The Labute approximate surface area is 170 Å². The molecule has 12 heteroatoms. The summed E-state index contributed by atoms with van der Waals surface area (Å²) >= 11 is 0. The molecule has 0 N–H and O–H groups in total. The highest BCUT2D eigenvalue weighted by Crippen LogP contribution is 2.38. The van der Waals surface area contributed by atoms with Gasteiger partial charge in [0.2, 0.25) is 10.0 Å². The van der Waals surface area contributed by atoms with E-state index in [1.807, 2.05) is 0 Å². The van der Waals surface area contributed by atoms with E-state index in [1.165, 1.54) is 14.2 Å². The molecule has 0 radical (unpaired) electrons. The van der Waals surface area contributed by atoms with Gasteiger partial charge < -0.3 is 9.47 Å². The molecule has 3 rings (SSSR count). The van der Waals surface area contributed by atoms with E-state index in [0.29, 0.717) is 35.3 Å². The summed E-state index contributed by atoms with van der Waals surface area (Å²) in [7, 11) is -1.74. The van der Waals surface area contributed by atoms with Crippen molar-refractivity contribution >= 4 is 15.7 Å². The molecule has 0 spiro atoms. The summed E-state index contributed by atoms with van der Waals surface area (Å²) < 4.78 is 76.9. The van der Waals surface area contributed by atoms with E-state index in [-0.39, 0.29) is 19.5 Å². The van der Waals surface area contributed by atoms with Gasteiger partial charge in [-0.1, -0.05) is 0 Å². The molecule has 1 aliphatic rings. The van der Waals surface area contributed by atoms with Gasteiger partial charge in [-0.2, -0.15) is 17.5 Å². The van der Waals surface area contributed by atoms with Crippen molar-refractivity contribution in [1.82, 2.24) is 4.31 Å². The van der Waals surface area contributed by atoms with Crippen LogP contribution in [0.1, 0.15) is 16.7 Å². The Morgan fingerprint density at radius 2 is 1.83 bits per heavy atom. The molecule has 0 amide bonds. The van der Waals surface area contributed by atoms with Gasteiger partial charge in [0.05, 0.1) is 24.7 Å². The van der Waals surface area contributed by atoms with Crippen LogP contribution in [-0.4, -0.2) is 38.4 Å². The molecule has 0 aromatic heterocycles. The van der Waals surface area contributed by atoms with Crippen molar-refractivity contribution < 1.29 is 36.0 Å². The van der Waals surface area contributed by atoms with Gasteiger partial charge in [0.1, 0.15) is 11.5 Å². The van der Waals surface area contributed by atoms with Gasteiger partial charge in [0.15, 0.2) is 4.90 Å². The molecular formula is C18H17F3N2O6S. The highest BCUT2D eigenvalue weighted by molar-refractivity contribution is 7.89. The number of fused-ring (bicyclic) bond motifs is 1. The van der Waals surface area contributed by atoms with E-state index in [9.17, 15) is 31.7 Å². The van der Waals surface area contributed by atoms with E-state index in [1.54, 1.807) is 12.1 Å². The molecule has 0 saturated carbocycles. The minimum atomic E-state index is -4.85. The normalized spacial score (nSPS) is 14.8. The first-order valence-corrected chi connectivity index (χ1v) is 10.0. The van der Waals surface area contributed by atoms with Gasteiger partial charge in [0.25, 0.3) is 5.69 Å². The number of hydrogen-bond acceptors (Lipinski definition) is 6. The van der Waals surface area contributed by atoms with Gasteiger partial charge >= 0.3 is 6.18 Å². The van der Waals surface area contributed by atoms with Crippen LogP contribution in [0.25, 0.3) is 0 Å². The molecule has 1 heterocycles. The number of halogens is 3. The lowest BCUT2D eigenvalue weighted by molar-refractivity contribution is -0.387. The van der Waals surface area contributed by atoms with Crippen molar-refractivity contribution in [3.63, 3.8) is 0 Å². The van der Waals surface area contributed by atoms with Gasteiger partial charge in [0, 0.05) is 30.8 Å². The second kappa shape index (κ2) is 7.76. The zero-order valence-corrected chi connectivity index (χ0v) is 16.7. The first kappa shape index (κ1) is 21.8. The number of nitrogens with zero attached hydrogens (tertiary/aromatic N) is 2. The summed E-state index contributed by atoms with van der Waals surface area (Å²) in [4.78, 5) is 9.27. The van der Waals surface area contributed by atoms with Crippen LogP contribution in [0.4, 0.5) is 18.9 Å². The fourth-order valence-corrected chi connectivity index (χ4v) is 4.86. The molecule has 30 heavy (non-hydrogen) atoms. The van der Waals surface area contributed by atoms with Crippen LogP contribution < -0.4 is 9.47 Å². The Kier molecular flexibility index (Phi) is 5.65. The monoisotopic (exact) mass is 446 g/mol. The number of sulfonamides is 1. The average Bonchev–Trinajstić information content (AvgIpc) is 2.71. The second-order valence-corrected chi connectivity index (χ2v) is 8.40. The third-order valence-electron chi connectivity index (χ3n) is 4.80. The zero-order chi connectivity index (χ0) is 22.3. The van der Waals surface area contributed by atoms with E-state index < -0.39 is 37.3 Å². The molecule has 0 bridgehead atoms. The van der Waals surface area contributed by atoms with Crippen molar-refractivity contribution in [2.45, 2.75) is 24.0 Å². The molecule has 0 saturated heterocycles. The molecule has 0 fully saturated rings. The van der Waals surface area contributed by atoms with Crippen LogP contribution in [0.2, 0.25) is 0 Å². The number of rotatable bonds is 5. The zero-order valence-electron chi connectivity index (χ0n) is 15.9. The Morgan fingerprint density at radius 3 is 2.40 bits per heavy atom. The van der Waals surface area contributed by atoms with Gasteiger partial charge in [-0.15, -0.1) is 0 Å². The number of alkyl halides is 3. The average molecular weight is 446 g/mol. The summed E-state index contributed by atoms with van der Waals surface area (Å²) in [6.07, 6.45) is -4.62. The second-order valence-electron chi connectivity index (χ2n) is 6.49.